The fourth-order valence-corrected chi connectivity index (χ4v) is 6.87. The van der Waals surface area contributed by atoms with Crippen molar-refractivity contribution in [3.63, 3.8) is 0 Å². The summed E-state index contributed by atoms with van der Waals surface area (Å²) in [6, 6.07) is 47.6. The molecule has 0 radical (unpaired) electrons. The minimum Gasteiger partial charge on any atom is -0.456 e. The van der Waals surface area contributed by atoms with E-state index in [9.17, 15) is 0 Å². The Bertz CT molecular complexity index is 2690. The van der Waals surface area contributed by atoms with Crippen LogP contribution in [0.2, 0.25) is 0 Å². The van der Waals surface area contributed by atoms with Crippen molar-refractivity contribution in [3.8, 4) is 33.6 Å². The van der Waals surface area contributed by atoms with E-state index in [1.165, 1.54) is 0 Å². The van der Waals surface area contributed by atoms with Gasteiger partial charge in [-0.25, -0.2) is 4.98 Å². The number of fused-ring (bicyclic) bond motifs is 11. The zero-order valence-corrected chi connectivity index (χ0v) is 24.0. The van der Waals surface area contributed by atoms with Gasteiger partial charge in [-0.1, -0.05) is 97.1 Å². The van der Waals surface area contributed by atoms with E-state index >= 15 is 0 Å². The Morgan fingerprint density at radius 1 is 0.356 bits per heavy atom. The van der Waals surface area contributed by atoms with E-state index in [1.54, 1.807) is 0 Å². The number of aromatic nitrogens is 1. The average Bonchev–Trinajstić information content (AvgIpc) is 3.79. The van der Waals surface area contributed by atoms with Crippen LogP contribution in [0.15, 0.2) is 153 Å². The first kappa shape index (κ1) is 24.3. The maximum atomic E-state index is 6.74. The zero-order chi connectivity index (χ0) is 29.5. The fraction of sp³-hybridized carbons (Fsp3) is 0. The summed E-state index contributed by atoms with van der Waals surface area (Å²) in [4.78, 5) is 5.28. The van der Waals surface area contributed by atoms with Crippen molar-refractivity contribution in [2.24, 2.45) is 0 Å². The molecule has 45 heavy (non-hydrogen) atoms. The molecule has 210 valence electrons. The van der Waals surface area contributed by atoms with Crippen LogP contribution in [-0.4, -0.2) is 4.98 Å². The molecule has 0 amide bonds. The summed E-state index contributed by atoms with van der Waals surface area (Å²) in [5.74, 6) is 0. The van der Waals surface area contributed by atoms with Crippen LogP contribution in [0.4, 0.5) is 0 Å². The smallest absolute Gasteiger partial charge is 0.147 e. The van der Waals surface area contributed by atoms with Crippen LogP contribution >= 0.6 is 0 Å². The molecule has 4 heteroatoms. The standard InChI is InChI=1S/C41H23NO3/c1-3-11-24(12-4-1)26-21-30(25-13-5-2-6-14-25)42-31(22-26)29-23-36-40(41-37(29)27-15-7-10-18-33(27)45-41)39-35(44-36)20-19-34-38(39)28-16-8-9-17-32(28)43-34/h1-23H. The first-order valence-electron chi connectivity index (χ1n) is 15.0. The second-order valence-corrected chi connectivity index (χ2v) is 11.5. The van der Waals surface area contributed by atoms with Crippen molar-refractivity contribution < 1.29 is 13.3 Å². The lowest BCUT2D eigenvalue weighted by atomic mass is 9.96. The predicted molar refractivity (Wildman–Crippen MR) is 182 cm³/mol. The van der Waals surface area contributed by atoms with Crippen LogP contribution in [0.5, 0.6) is 0 Å². The summed E-state index contributed by atoms with van der Waals surface area (Å²) in [5, 5.41) is 6.09. The minimum atomic E-state index is 0.748. The number of pyridine rings is 1. The van der Waals surface area contributed by atoms with Crippen LogP contribution in [0.3, 0.4) is 0 Å². The summed E-state index contributed by atoms with van der Waals surface area (Å²) in [7, 11) is 0. The predicted octanol–water partition coefficient (Wildman–Crippen LogP) is 11.8. The molecule has 4 aromatic heterocycles. The molecule has 0 aliphatic carbocycles. The number of hydrogen-bond acceptors (Lipinski definition) is 4. The topological polar surface area (TPSA) is 52.3 Å². The molecule has 10 rings (SSSR count). The number of para-hydroxylation sites is 2. The number of rotatable bonds is 3. The Kier molecular flexibility index (Phi) is 4.96. The largest absolute Gasteiger partial charge is 0.456 e. The molecular weight excluding hydrogens is 554 g/mol. The van der Waals surface area contributed by atoms with Crippen molar-refractivity contribution in [3.05, 3.63) is 140 Å². The highest BCUT2D eigenvalue weighted by atomic mass is 16.3. The molecule has 0 atom stereocenters. The van der Waals surface area contributed by atoms with Crippen LogP contribution in [-0.2, 0) is 0 Å². The molecule has 0 bridgehead atoms. The first-order valence-corrected chi connectivity index (χ1v) is 15.0. The fourth-order valence-electron chi connectivity index (χ4n) is 6.87. The van der Waals surface area contributed by atoms with Crippen molar-refractivity contribution in [2.45, 2.75) is 0 Å². The molecule has 4 nitrogen and oxygen atoms in total. The first-order chi connectivity index (χ1) is 22.3. The van der Waals surface area contributed by atoms with Gasteiger partial charge >= 0.3 is 0 Å². The van der Waals surface area contributed by atoms with Gasteiger partial charge in [0.25, 0.3) is 0 Å². The lowest BCUT2D eigenvalue weighted by Crippen LogP contribution is -1.92. The molecule has 0 aliphatic heterocycles. The van der Waals surface area contributed by atoms with Gasteiger partial charge in [-0.05, 0) is 53.6 Å². The molecule has 0 aliphatic rings. The highest BCUT2D eigenvalue weighted by molar-refractivity contribution is 6.33. The summed E-state index contributed by atoms with van der Waals surface area (Å²) >= 11 is 0. The quantitative estimate of drug-likeness (QED) is 0.210. The normalized spacial score (nSPS) is 12.0. The molecule has 6 aromatic carbocycles. The van der Waals surface area contributed by atoms with Gasteiger partial charge in [0, 0.05) is 38.1 Å². The average molecular weight is 578 g/mol. The molecule has 0 unspecified atom stereocenters. The van der Waals surface area contributed by atoms with Crippen molar-refractivity contribution >= 4 is 65.8 Å². The number of nitrogens with zero attached hydrogens (tertiary/aromatic N) is 1. The Balaban J connectivity index is 1.36. The maximum Gasteiger partial charge on any atom is 0.147 e. The summed E-state index contributed by atoms with van der Waals surface area (Å²) < 4.78 is 19.7. The number of hydrogen-bond donors (Lipinski definition) is 0. The van der Waals surface area contributed by atoms with E-state index in [2.05, 4.69) is 84.9 Å². The van der Waals surface area contributed by atoms with E-state index < -0.39 is 0 Å². The van der Waals surface area contributed by atoms with Crippen LogP contribution in [0, 0.1) is 0 Å². The zero-order valence-electron chi connectivity index (χ0n) is 24.0. The van der Waals surface area contributed by atoms with Gasteiger partial charge in [0.05, 0.1) is 16.8 Å². The Labute approximate surface area is 256 Å². The van der Waals surface area contributed by atoms with E-state index in [1.807, 2.05) is 54.6 Å². The molecule has 0 saturated carbocycles. The van der Waals surface area contributed by atoms with Crippen LogP contribution in [0.25, 0.3) is 99.5 Å². The second-order valence-electron chi connectivity index (χ2n) is 11.5. The summed E-state index contributed by atoms with van der Waals surface area (Å²) in [5.41, 5.74) is 10.8. The Morgan fingerprint density at radius 2 is 0.933 bits per heavy atom. The third-order valence-corrected chi connectivity index (χ3v) is 8.87. The molecule has 0 saturated heterocycles. The lowest BCUT2D eigenvalue weighted by molar-refractivity contribution is 0.660. The van der Waals surface area contributed by atoms with E-state index in [-0.39, 0.29) is 0 Å². The molecule has 4 heterocycles. The molecule has 0 spiro atoms. The van der Waals surface area contributed by atoms with Crippen molar-refractivity contribution in [1.82, 2.24) is 4.98 Å². The van der Waals surface area contributed by atoms with Gasteiger partial charge in [0.1, 0.15) is 33.5 Å². The third-order valence-electron chi connectivity index (χ3n) is 8.87. The Hall–Kier alpha value is -6.13. The molecule has 10 aromatic rings. The number of benzene rings is 6. The Morgan fingerprint density at radius 3 is 1.69 bits per heavy atom. The summed E-state index contributed by atoms with van der Waals surface area (Å²) in [6.07, 6.45) is 0. The van der Waals surface area contributed by atoms with E-state index in [4.69, 9.17) is 18.2 Å². The third kappa shape index (κ3) is 3.57. The summed E-state index contributed by atoms with van der Waals surface area (Å²) in [6.45, 7) is 0. The van der Waals surface area contributed by atoms with Crippen molar-refractivity contribution in [2.75, 3.05) is 0 Å². The highest BCUT2D eigenvalue weighted by Crippen LogP contribution is 2.47. The molecular formula is C41H23NO3. The van der Waals surface area contributed by atoms with Gasteiger partial charge in [0.15, 0.2) is 0 Å². The van der Waals surface area contributed by atoms with Gasteiger partial charge in [0.2, 0.25) is 0 Å². The molecule has 0 N–H and O–H groups in total. The number of furan rings is 3. The minimum absolute atomic E-state index is 0.748. The van der Waals surface area contributed by atoms with Gasteiger partial charge in [-0.3, -0.25) is 0 Å². The van der Waals surface area contributed by atoms with Crippen molar-refractivity contribution in [1.29, 1.82) is 0 Å². The molecule has 0 fully saturated rings. The van der Waals surface area contributed by atoms with Crippen LogP contribution in [0.1, 0.15) is 0 Å². The van der Waals surface area contributed by atoms with Gasteiger partial charge in [-0.15, -0.1) is 0 Å². The van der Waals surface area contributed by atoms with E-state index in [0.29, 0.717) is 0 Å². The highest BCUT2D eigenvalue weighted by Gasteiger charge is 2.24. The monoisotopic (exact) mass is 577 g/mol. The van der Waals surface area contributed by atoms with Crippen LogP contribution < -0.4 is 0 Å². The maximum absolute atomic E-state index is 6.74. The van der Waals surface area contributed by atoms with E-state index in [0.717, 1.165) is 99.5 Å². The lowest BCUT2D eigenvalue weighted by Gasteiger charge is -2.11. The second kappa shape index (κ2) is 9.18. The van der Waals surface area contributed by atoms with Gasteiger partial charge < -0.3 is 13.3 Å². The SMILES string of the molecule is c1ccc(-c2cc(-c3ccccc3)nc(-c3cc4oc5ccc6oc7ccccc7c6c5c4c4oc5ccccc5c34)c2)cc1. The van der Waals surface area contributed by atoms with Gasteiger partial charge in [-0.2, -0.15) is 0 Å².